The van der Waals surface area contributed by atoms with Crippen LogP contribution in [-0.4, -0.2) is 41.6 Å². The van der Waals surface area contributed by atoms with Gasteiger partial charge in [0, 0.05) is 24.7 Å². The van der Waals surface area contributed by atoms with Gasteiger partial charge in [-0.2, -0.15) is 0 Å². The van der Waals surface area contributed by atoms with E-state index < -0.39 is 11.9 Å². The number of carboxylic acid groups (broad SMARTS) is 1. The molecule has 1 fully saturated rings. The number of nitrogens with zero attached hydrogens (tertiary/aromatic N) is 1. The highest BCUT2D eigenvalue weighted by atomic mass is 35.5. The highest BCUT2D eigenvalue weighted by Crippen LogP contribution is 2.15. The molecular formula is C13H15ClN2O3. The van der Waals surface area contributed by atoms with E-state index in [-0.39, 0.29) is 6.03 Å². The molecular weight excluding hydrogens is 268 g/mol. The van der Waals surface area contributed by atoms with Crippen molar-refractivity contribution in [2.75, 3.05) is 19.6 Å². The lowest BCUT2D eigenvalue weighted by molar-refractivity contribution is -0.146. The molecule has 1 aromatic rings. The molecule has 2 N–H and O–H groups in total. The number of urea groups is 1. The Morgan fingerprint density at radius 2 is 1.95 bits per heavy atom. The second kappa shape index (κ2) is 5.93. The monoisotopic (exact) mass is 282 g/mol. The van der Waals surface area contributed by atoms with E-state index in [4.69, 9.17) is 16.7 Å². The fourth-order valence-electron chi connectivity index (χ4n) is 1.88. The zero-order valence-electron chi connectivity index (χ0n) is 10.3. The number of halogens is 1. The molecule has 1 saturated heterocycles. The smallest absolute Gasteiger partial charge is 0.317 e. The fraction of sp³-hybridized carbons (Fsp3) is 0.385. The van der Waals surface area contributed by atoms with E-state index in [1.807, 2.05) is 24.3 Å². The van der Waals surface area contributed by atoms with Crippen molar-refractivity contribution in [3.8, 4) is 0 Å². The van der Waals surface area contributed by atoms with Gasteiger partial charge in [-0.05, 0) is 24.1 Å². The Labute approximate surface area is 116 Å². The number of carbonyl (C=O) groups excluding carboxylic acids is 1. The number of rotatable bonds is 4. The SMILES string of the molecule is O=C(O)C1CN(C(=O)NCCc2ccc(Cl)cc2)C1. The molecule has 1 heterocycles. The van der Waals surface area contributed by atoms with Gasteiger partial charge in [-0.25, -0.2) is 4.79 Å². The molecule has 5 nitrogen and oxygen atoms in total. The number of hydrogen-bond acceptors (Lipinski definition) is 2. The van der Waals surface area contributed by atoms with Gasteiger partial charge in [-0.15, -0.1) is 0 Å². The molecule has 0 atom stereocenters. The van der Waals surface area contributed by atoms with Gasteiger partial charge < -0.3 is 15.3 Å². The van der Waals surface area contributed by atoms with Crippen LogP contribution in [0.5, 0.6) is 0 Å². The fourth-order valence-corrected chi connectivity index (χ4v) is 2.00. The second-order valence-electron chi connectivity index (χ2n) is 4.55. The lowest BCUT2D eigenvalue weighted by atomic mass is 10.0. The summed E-state index contributed by atoms with van der Waals surface area (Å²) in [6.45, 7) is 1.11. The lowest BCUT2D eigenvalue weighted by Crippen LogP contribution is -2.56. The quantitative estimate of drug-likeness (QED) is 0.881. The van der Waals surface area contributed by atoms with Gasteiger partial charge in [0.1, 0.15) is 0 Å². The van der Waals surface area contributed by atoms with Crippen molar-refractivity contribution in [3.05, 3.63) is 34.9 Å². The molecule has 0 bridgehead atoms. The second-order valence-corrected chi connectivity index (χ2v) is 4.98. The van der Waals surface area contributed by atoms with E-state index in [1.54, 1.807) is 0 Å². The van der Waals surface area contributed by atoms with Crippen molar-refractivity contribution in [1.82, 2.24) is 10.2 Å². The van der Waals surface area contributed by atoms with Crippen LogP contribution in [0, 0.1) is 5.92 Å². The van der Waals surface area contributed by atoms with Crippen molar-refractivity contribution >= 4 is 23.6 Å². The summed E-state index contributed by atoms with van der Waals surface area (Å²) in [5.41, 5.74) is 1.09. The minimum absolute atomic E-state index is 0.202. The first kappa shape index (κ1) is 13.7. The molecule has 102 valence electrons. The van der Waals surface area contributed by atoms with E-state index in [1.165, 1.54) is 4.90 Å². The molecule has 2 amide bonds. The highest BCUT2D eigenvalue weighted by Gasteiger charge is 2.35. The maximum absolute atomic E-state index is 11.6. The minimum Gasteiger partial charge on any atom is -0.481 e. The van der Waals surface area contributed by atoms with Crippen LogP contribution >= 0.6 is 11.6 Å². The number of carbonyl (C=O) groups is 2. The van der Waals surface area contributed by atoms with Crippen LogP contribution in [0.25, 0.3) is 0 Å². The highest BCUT2D eigenvalue weighted by molar-refractivity contribution is 6.30. The summed E-state index contributed by atoms with van der Waals surface area (Å²) in [6, 6.07) is 7.25. The summed E-state index contributed by atoms with van der Waals surface area (Å²) in [5.74, 6) is -1.26. The van der Waals surface area contributed by atoms with E-state index in [0.717, 1.165) is 12.0 Å². The van der Waals surface area contributed by atoms with Crippen molar-refractivity contribution in [2.24, 2.45) is 5.92 Å². The molecule has 19 heavy (non-hydrogen) atoms. The van der Waals surface area contributed by atoms with Crippen molar-refractivity contribution in [1.29, 1.82) is 0 Å². The molecule has 0 aromatic heterocycles. The number of hydrogen-bond donors (Lipinski definition) is 2. The van der Waals surface area contributed by atoms with Crippen LogP contribution in [0.2, 0.25) is 5.02 Å². The van der Waals surface area contributed by atoms with Crippen LogP contribution in [0.4, 0.5) is 4.79 Å². The maximum atomic E-state index is 11.6. The largest absolute Gasteiger partial charge is 0.481 e. The average Bonchev–Trinajstić information content (AvgIpc) is 2.29. The van der Waals surface area contributed by atoms with Gasteiger partial charge in [0.15, 0.2) is 0 Å². The predicted octanol–water partition coefficient (Wildman–Crippen LogP) is 1.61. The number of carboxylic acids is 1. The Hall–Kier alpha value is -1.75. The Bertz CT molecular complexity index is 469. The Balaban J connectivity index is 1.68. The third-order valence-corrected chi connectivity index (χ3v) is 3.37. The normalized spacial score (nSPS) is 14.9. The first-order chi connectivity index (χ1) is 9.06. The van der Waals surface area contributed by atoms with Gasteiger partial charge in [-0.3, -0.25) is 4.79 Å². The Kier molecular flexibility index (Phi) is 4.27. The van der Waals surface area contributed by atoms with Crippen molar-refractivity contribution in [2.45, 2.75) is 6.42 Å². The van der Waals surface area contributed by atoms with Gasteiger partial charge in [0.05, 0.1) is 5.92 Å². The van der Waals surface area contributed by atoms with Gasteiger partial charge in [0.2, 0.25) is 0 Å². The maximum Gasteiger partial charge on any atom is 0.317 e. The summed E-state index contributed by atoms with van der Waals surface area (Å²) in [7, 11) is 0. The van der Waals surface area contributed by atoms with Crippen molar-refractivity contribution < 1.29 is 14.7 Å². The lowest BCUT2D eigenvalue weighted by Gasteiger charge is -2.36. The minimum atomic E-state index is -0.842. The number of nitrogens with one attached hydrogen (secondary N) is 1. The molecule has 0 radical (unpaired) electrons. The number of benzene rings is 1. The van der Waals surface area contributed by atoms with Gasteiger partial charge in [-0.1, -0.05) is 23.7 Å². The molecule has 2 rings (SSSR count). The third kappa shape index (κ3) is 3.61. The molecule has 0 spiro atoms. The predicted molar refractivity (Wildman–Crippen MR) is 71.3 cm³/mol. The molecule has 0 aliphatic carbocycles. The number of aliphatic carboxylic acids is 1. The zero-order valence-corrected chi connectivity index (χ0v) is 11.1. The topological polar surface area (TPSA) is 69.6 Å². The van der Waals surface area contributed by atoms with Crippen LogP contribution in [0.1, 0.15) is 5.56 Å². The van der Waals surface area contributed by atoms with E-state index >= 15 is 0 Å². The summed E-state index contributed by atoms with van der Waals surface area (Å²) in [6.07, 6.45) is 0.721. The van der Waals surface area contributed by atoms with Crippen LogP contribution in [-0.2, 0) is 11.2 Å². The Morgan fingerprint density at radius 3 is 2.53 bits per heavy atom. The summed E-state index contributed by atoms with van der Waals surface area (Å²) in [4.78, 5) is 23.7. The molecule has 6 heteroatoms. The molecule has 0 saturated carbocycles. The first-order valence-corrected chi connectivity index (χ1v) is 6.44. The Morgan fingerprint density at radius 1 is 1.32 bits per heavy atom. The summed E-state index contributed by atoms with van der Waals surface area (Å²) < 4.78 is 0. The summed E-state index contributed by atoms with van der Waals surface area (Å²) >= 11 is 5.78. The number of amides is 2. The van der Waals surface area contributed by atoms with Crippen molar-refractivity contribution in [3.63, 3.8) is 0 Å². The molecule has 1 aliphatic heterocycles. The first-order valence-electron chi connectivity index (χ1n) is 6.06. The van der Waals surface area contributed by atoms with E-state index in [2.05, 4.69) is 5.32 Å². The molecule has 1 aliphatic rings. The number of likely N-dealkylation sites (tertiary alicyclic amines) is 1. The zero-order chi connectivity index (χ0) is 13.8. The van der Waals surface area contributed by atoms with Crippen LogP contribution in [0.15, 0.2) is 24.3 Å². The van der Waals surface area contributed by atoms with Crippen LogP contribution < -0.4 is 5.32 Å². The summed E-state index contributed by atoms with van der Waals surface area (Å²) in [5, 5.41) is 12.2. The van der Waals surface area contributed by atoms with Crippen LogP contribution in [0.3, 0.4) is 0 Å². The standard InChI is InChI=1S/C13H15ClN2O3/c14-11-3-1-9(2-4-11)5-6-15-13(19)16-7-10(8-16)12(17)18/h1-4,10H,5-8H2,(H,15,19)(H,17,18). The average molecular weight is 283 g/mol. The van der Waals surface area contributed by atoms with E-state index in [0.29, 0.717) is 24.7 Å². The van der Waals surface area contributed by atoms with Gasteiger partial charge in [0.25, 0.3) is 0 Å². The molecule has 1 aromatic carbocycles. The third-order valence-electron chi connectivity index (χ3n) is 3.12. The van der Waals surface area contributed by atoms with Gasteiger partial charge >= 0.3 is 12.0 Å². The molecule has 0 unspecified atom stereocenters. The van der Waals surface area contributed by atoms with E-state index in [9.17, 15) is 9.59 Å².